The van der Waals surface area contributed by atoms with Crippen LogP contribution in [0.4, 0.5) is 0 Å². The minimum absolute atomic E-state index is 0. The van der Waals surface area contributed by atoms with Crippen molar-refractivity contribution in [3.05, 3.63) is 31.2 Å². The normalized spacial score (nSPS) is 20.8. The molecule has 1 aromatic rings. The second-order valence-electron chi connectivity index (χ2n) is 5.66. The number of hydrogen-bond donors (Lipinski definition) is 2. The van der Waals surface area contributed by atoms with E-state index >= 15 is 0 Å². The number of rotatable bonds is 5. The summed E-state index contributed by atoms with van der Waals surface area (Å²) in [6.07, 6.45) is 5.81. The van der Waals surface area contributed by atoms with Gasteiger partial charge in [-0.3, -0.25) is 16.8 Å². The standard InChI is InChI=1S/C15H23N4O2.Y/c1-19(14(20)13-3-2-8-21-13)10-12-6-4-11(5-7-12)9-18-15(16)17;/h2-3,8,11-12H,1,4-7,9-10H2,(H4,16,17,18);/q-1;. The van der Waals surface area contributed by atoms with E-state index in [-0.39, 0.29) is 44.6 Å². The number of amides is 1. The van der Waals surface area contributed by atoms with Crippen LogP contribution in [-0.4, -0.2) is 29.9 Å². The molecule has 1 fully saturated rings. The van der Waals surface area contributed by atoms with Gasteiger partial charge in [-0.25, -0.2) is 0 Å². The number of hydrogen-bond acceptors (Lipinski definition) is 3. The molecule has 1 aliphatic rings. The molecule has 0 spiro atoms. The van der Waals surface area contributed by atoms with Crippen LogP contribution in [0.15, 0.2) is 27.8 Å². The molecule has 0 aliphatic heterocycles. The first kappa shape index (κ1) is 19.2. The minimum Gasteiger partial charge on any atom is -0.489 e. The van der Waals surface area contributed by atoms with Gasteiger partial charge < -0.3 is 20.8 Å². The second-order valence-corrected chi connectivity index (χ2v) is 5.66. The SMILES string of the molecule is [CH2-]N(CC1CCC(CN=C(N)N)CC1)C(=O)c1ccco1.[Y]. The molecular formula is C15H23N4O2Y-. The summed E-state index contributed by atoms with van der Waals surface area (Å²) in [5.41, 5.74) is 10.7. The predicted molar refractivity (Wildman–Crippen MR) is 81.2 cm³/mol. The number of nitrogens with zero attached hydrogens (tertiary/aromatic N) is 2. The van der Waals surface area contributed by atoms with E-state index in [0.717, 1.165) is 25.7 Å². The molecule has 4 N–H and O–H groups in total. The van der Waals surface area contributed by atoms with Crippen molar-refractivity contribution in [2.45, 2.75) is 25.7 Å². The molecule has 0 atom stereocenters. The van der Waals surface area contributed by atoms with E-state index < -0.39 is 0 Å². The van der Waals surface area contributed by atoms with Gasteiger partial charge in [0.25, 0.3) is 5.91 Å². The zero-order valence-corrected chi connectivity index (χ0v) is 15.6. The molecule has 1 aromatic heterocycles. The van der Waals surface area contributed by atoms with Crippen molar-refractivity contribution in [3.8, 4) is 0 Å². The van der Waals surface area contributed by atoms with E-state index in [4.69, 9.17) is 15.9 Å². The van der Waals surface area contributed by atoms with Crippen LogP contribution in [0.3, 0.4) is 0 Å². The monoisotopic (exact) mass is 380 g/mol. The van der Waals surface area contributed by atoms with Crippen molar-refractivity contribution in [2.75, 3.05) is 13.1 Å². The average Bonchev–Trinajstić information content (AvgIpc) is 2.99. The van der Waals surface area contributed by atoms with Crippen molar-refractivity contribution in [1.29, 1.82) is 0 Å². The van der Waals surface area contributed by atoms with Crippen LogP contribution in [-0.2, 0) is 32.7 Å². The van der Waals surface area contributed by atoms with Gasteiger partial charge in [-0.2, -0.15) is 0 Å². The van der Waals surface area contributed by atoms with Gasteiger partial charge >= 0.3 is 0 Å². The molecule has 0 aromatic carbocycles. The van der Waals surface area contributed by atoms with E-state index in [1.54, 1.807) is 12.1 Å². The number of guanidine groups is 1. The van der Waals surface area contributed by atoms with Crippen LogP contribution in [0.25, 0.3) is 0 Å². The summed E-state index contributed by atoms with van der Waals surface area (Å²) >= 11 is 0. The van der Waals surface area contributed by atoms with Crippen LogP contribution >= 0.6 is 0 Å². The van der Waals surface area contributed by atoms with Gasteiger partial charge in [0.2, 0.25) is 0 Å². The second kappa shape index (κ2) is 9.30. The summed E-state index contributed by atoms with van der Waals surface area (Å²) < 4.78 is 5.11. The summed E-state index contributed by atoms with van der Waals surface area (Å²) in [4.78, 5) is 17.6. The Kier molecular flexibility index (Phi) is 8.11. The van der Waals surface area contributed by atoms with Crippen molar-refractivity contribution in [1.82, 2.24) is 4.90 Å². The van der Waals surface area contributed by atoms with Gasteiger partial charge in [-0.05, 0) is 56.2 Å². The van der Waals surface area contributed by atoms with E-state index in [1.165, 1.54) is 11.2 Å². The molecule has 1 aliphatic carbocycles. The largest absolute Gasteiger partial charge is 0.489 e. The molecule has 0 bridgehead atoms. The zero-order valence-electron chi connectivity index (χ0n) is 12.8. The summed E-state index contributed by atoms with van der Waals surface area (Å²) in [6, 6.07) is 3.36. The molecule has 7 heteroatoms. The van der Waals surface area contributed by atoms with Gasteiger partial charge in [-0.1, -0.05) is 0 Å². The van der Waals surface area contributed by atoms with E-state index in [1.807, 2.05) is 0 Å². The third-order valence-corrected chi connectivity index (χ3v) is 4.00. The topological polar surface area (TPSA) is 97.9 Å². The molecule has 22 heavy (non-hydrogen) atoms. The number of carbonyl (C=O) groups is 1. The van der Waals surface area contributed by atoms with Gasteiger partial charge in [0, 0.05) is 39.3 Å². The molecule has 6 nitrogen and oxygen atoms in total. The number of aliphatic imine (C=N–C) groups is 1. The molecule has 1 heterocycles. The predicted octanol–water partition coefficient (Wildman–Crippen LogP) is 1.59. The van der Waals surface area contributed by atoms with Gasteiger partial charge in [0.1, 0.15) is 0 Å². The average molecular weight is 380 g/mol. The van der Waals surface area contributed by atoms with Crippen molar-refractivity contribution >= 4 is 11.9 Å². The molecule has 1 radical (unpaired) electrons. The van der Waals surface area contributed by atoms with Crippen molar-refractivity contribution in [3.63, 3.8) is 0 Å². The Morgan fingerprint density at radius 3 is 2.50 bits per heavy atom. The third kappa shape index (κ3) is 5.73. The molecule has 1 saturated carbocycles. The first-order valence-electron chi connectivity index (χ1n) is 7.27. The summed E-state index contributed by atoms with van der Waals surface area (Å²) in [7, 11) is 3.84. The molecular weight excluding hydrogens is 357 g/mol. The summed E-state index contributed by atoms with van der Waals surface area (Å²) in [5.74, 6) is 1.36. The summed E-state index contributed by atoms with van der Waals surface area (Å²) in [6.45, 7) is 1.36. The summed E-state index contributed by atoms with van der Waals surface area (Å²) in [5, 5.41) is 0. The molecule has 2 rings (SSSR count). The fraction of sp³-hybridized carbons (Fsp3) is 0.533. The fourth-order valence-corrected chi connectivity index (χ4v) is 2.78. The Labute approximate surface area is 156 Å². The minimum atomic E-state index is -0.164. The smallest absolute Gasteiger partial charge is 0.260 e. The van der Waals surface area contributed by atoms with Crippen molar-refractivity contribution < 1.29 is 41.9 Å². The third-order valence-electron chi connectivity index (χ3n) is 4.00. The van der Waals surface area contributed by atoms with Gasteiger partial charge in [-0.15, -0.1) is 0 Å². The first-order chi connectivity index (χ1) is 10.1. The van der Waals surface area contributed by atoms with Gasteiger partial charge in [0.15, 0.2) is 11.7 Å². The van der Waals surface area contributed by atoms with Crippen LogP contribution in [0.5, 0.6) is 0 Å². The van der Waals surface area contributed by atoms with Crippen LogP contribution in [0, 0.1) is 18.9 Å². The Bertz CT molecular complexity index is 478. The van der Waals surface area contributed by atoms with Crippen LogP contribution < -0.4 is 11.5 Å². The molecule has 119 valence electrons. The van der Waals surface area contributed by atoms with E-state index in [2.05, 4.69) is 12.0 Å². The first-order valence-corrected chi connectivity index (χ1v) is 7.27. The zero-order chi connectivity index (χ0) is 15.2. The fourth-order valence-electron chi connectivity index (χ4n) is 2.78. The van der Waals surface area contributed by atoms with E-state index in [0.29, 0.717) is 30.7 Å². The Morgan fingerprint density at radius 1 is 1.32 bits per heavy atom. The molecule has 0 unspecified atom stereocenters. The maximum absolute atomic E-state index is 12.0. The quantitative estimate of drug-likeness (QED) is 0.461. The maximum Gasteiger partial charge on any atom is 0.260 e. The molecule has 0 saturated heterocycles. The van der Waals surface area contributed by atoms with Crippen molar-refractivity contribution in [2.24, 2.45) is 28.3 Å². The Morgan fingerprint density at radius 2 is 1.95 bits per heavy atom. The molecule has 1 amide bonds. The number of furan rings is 1. The Hall–Kier alpha value is -0.876. The maximum atomic E-state index is 12.0. The Balaban J connectivity index is 0.00000242. The van der Waals surface area contributed by atoms with Gasteiger partial charge in [0.05, 0.1) is 6.26 Å². The number of nitrogens with two attached hydrogens (primary N) is 2. The van der Waals surface area contributed by atoms with Crippen LogP contribution in [0.1, 0.15) is 36.2 Å². The van der Waals surface area contributed by atoms with Crippen LogP contribution in [0.2, 0.25) is 0 Å². The number of carbonyl (C=O) groups excluding carboxylic acids is 1. The van der Waals surface area contributed by atoms with E-state index in [9.17, 15) is 4.79 Å².